The van der Waals surface area contributed by atoms with Crippen LogP contribution in [0.5, 0.6) is 0 Å². The highest BCUT2D eigenvalue weighted by atomic mass is 16.5. The summed E-state index contributed by atoms with van der Waals surface area (Å²) in [6.45, 7) is 8.95. The molecule has 3 rings (SSSR count). The molecule has 2 amide bonds. The Balaban J connectivity index is 1.34. The molecule has 2 heterocycles. The first-order valence-corrected chi connectivity index (χ1v) is 10.5. The minimum absolute atomic E-state index is 0.0132. The van der Waals surface area contributed by atoms with E-state index in [4.69, 9.17) is 4.74 Å². The zero-order valence-corrected chi connectivity index (χ0v) is 17.1. The van der Waals surface area contributed by atoms with Crippen molar-refractivity contribution < 1.29 is 14.3 Å². The highest BCUT2D eigenvalue weighted by molar-refractivity contribution is 5.89. The normalized spacial score (nSPS) is 25.9. The van der Waals surface area contributed by atoms with E-state index in [1.165, 1.54) is 5.56 Å². The standard InChI is InChI=1S/C22H33N3O3/c1-17-14-24(15-18(2)28-17)11-6-10-23-22(27)20-13-21(26)25(16-20)12-9-19-7-4-3-5-8-19/h3-5,7-8,17-18,20H,6,9-16H2,1-2H3,(H,23,27)/t17-,18-,20-/m1/s1. The zero-order chi connectivity index (χ0) is 19.9. The van der Waals surface area contributed by atoms with Gasteiger partial charge in [0.1, 0.15) is 0 Å². The lowest BCUT2D eigenvalue weighted by Gasteiger charge is -2.35. The van der Waals surface area contributed by atoms with Crippen LogP contribution in [-0.2, 0) is 20.7 Å². The fourth-order valence-corrected chi connectivity index (χ4v) is 4.20. The van der Waals surface area contributed by atoms with E-state index >= 15 is 0 Å². The third-order valence-electron chi connectivity index (χ3n) is 5.54. The van der Waals surface area contributed by atoms with E-state index in [9.17, 15) is 9.59 Å². The molecule has 0 bridgehead atoms. The van der Waals surface area contributed by atoms with Gasteiger partial charge in [-0.3, -0.25) is 14.5 Å². The van der Waals surface area contributed by atoms with E-state index in [0.717, 1.165) is 32.5 Å². The van der Waals surface area contributed by atoms with Gasteiger partial charge in [-0.05, 0) is 32.3 Å². The Morgan fingerprint density at radius 2 is 1.82 bits per heavy atom. The molecule has 2 aliphatic heterocycles. The van der Waals surface area contributed by atoms with Gasteiger partial charge in [0.25, 0.3) is 0 Å². The molecular formula is C22H33N3O3. The number of nitrogens with one attached hydrogen (secondary N) is 1. The van der Waals surface area contributed by atoms with Crippen molar-refractivity contribution >= 4 is 11.8 Å². The van der Waals surface area contributed by atoms with E-state index in [1.807, 2.05) is 23.1 Å². The predicted molar refractivity (Wildman–Crippen MR) is 109 cm³/mol. The van der Waals surface area contributed by atoms with Gasteiger partial charge in [-0.25, -0.2) is 0 Å². The van der Waals surface area contributed by atoms with Crippen LogP contribution in [0.25, 0.3) is 0 Å². The quantitative estimate of drug-likeness (QED) is 0.690. The van der Waals surface area contributed by atoms with Gasteiger partial charge in [-0.1, -0.05) is 30.3 Å². The van der Waals surface area contributed by atoms with Crippen LogP contribution in [0.2, 0.25) is 0 Å². The Kier molecular flexibility index (Phi) is 7.45. The first kappa shape index (κ1) is 20.8. The van der Waals surface area contributed by atoms with Gasteiger partial charge in [-0.2, -0.15) is 0 Å². The number of nitrogens with zero attached hydrogens (tertiary/aromatic N) is 2. The summed E-state index contributed by atoms with van der Waals surface area (Å²) in [5, 5.41) is 3.03. The van der Waals surface area contributed by atoms with Crippen LogP contribution >= 0.6 is 0 Å². The lowest BCUT2D eigenvalue weighted by Crippen LogP contribution is -2.46. The molecule has 0 aromatic heterocycles. The molecule has 28 heavy (non-hydrogen) atoms. The van der Waals surface area contributed by atoms with Crippen LogP contribution in [0.3, 0.4) is 0 Å². The summed E-state index contributed by atoms with van der Waals surface area (Å²) >= 11 is 0. The predicted octanol–water partition coefficient (Wildman–Crippen LogP) is 1.69. The Labute approximate surface area is 168 Å². The molecular weight excluding hydrogens is 354 g/mol. The van der Waals surface area contributed by atoms with Crippen molar-refractivity contribution in [2.24, 2.45) is 5.92 Å². The molecule has 0 aliphatic carbocycles. The molecule has 2 fully saturated rings. The van der Waals surface area contributed by atoms with Crippen LogP contribution in [0, 0.1) is 5.92 Å². The van der Waals surface area contributed by atoms with E-state index in [-0.39, 0.29) is 29.9 Å². The molecule has 6 heteroatoms. The largest absolute Gasteiger partial charge is 0.373 e. The highest BCUT2D eigenvalue weighted by Crippen LogP contribution is 2.18. The molecule has 0 saturated carbocycles. The van der Waals surface area contributed by atoms with Crippen molar-refractivity contribution in [2.45, 2.75) is 45.3 Å². The van der Waals surface area contributed by atoms with Crippen LogP contribution < -0.4 is 5.32 Å². The first-order chi connectivity index (χ1) is 13.5. The van der Waals surface area contributed by atoms with Crippen LogP contribution in [-0.4, -0.2) is 73.1 Å². The summed E-state index contributed by atoms with van der Waals surface area (Å²) in [5.41, 5.74) is 1.22. The minimum Gasteiger partial charge on any atom is -0.373 e. The average Bonchev–Trinajstić information content (AvgIpc) is 3.04. The van der Waals surface area contributed by atoms with Crippen molar-refractivity contribution in [3.05, 3.63) is 35.9 Å². The maximum atomic E-state index is 12.4. The van der Waals surface area contributed by atoms with Gasteiger partial charge >= 0.3 is 0 Å². The number of morpholine rings is 1. The molecule has 2 aliphatic rings. The number of carbonyl (C=O) groups excluding carboxylic acids is 2. The van der Waals surface area contributed by atoms with Crippen LogP contribution in [0.4, 0.5) is 0 Å². The molecule has 154 valence electrons. The van der Waals surface area contributed by atoms with Gasteiger partial charge in [0.2, 0.25) is 11.8 Å². The van der Waals surface area contributed by atoms with Crippen LogP contribution in [0.1, 0.15) is 32.3 Å². The zero-order valence-electron chi connectivity index (χ0n) is 17.1. The third kappa shape index (κ3) is 6.04. The second kappa shape index (κ2) is 10.0. The smallest absolute Gasteiger partial charge is 0.225 e. The van der Waals surface area contributed by atoms with Gasteiger partial charge in [-0.15, -0.1) is 0 Å². The maximum Gasteiger partial charge on any atom is 0.225 e. The van der Waals surface area contributed by atoms with E-state index in [2.05, 4.69) is 36.2 Å². The topological polar surface area (TPSA) is 61.9 Å². The van der Waals surface area contributed by atoms with Crippen molar-refractivity contribution in [1.82, 2.24) is 15.1 Å². The van der Waals surface area contributed by atoms with Gasteiger partial charge in [0.05, 0.1) is 18.1 Å². The van der Waals surface area contributed by atoms with Crippen LogP contribution in [0.15, 0.2) is 30.3 Å². The molecule has 6 nitrogen and oxygen atoms in total. The summed E-state index contributed by atoms with van der Waals surface area (Å²) in [7, 11) is 0. The number of likely N-dealkylation sites (tertiary alicyclic amines) is 1. The summed E-state index contributed by atoms with van der Waals surface area (Å²) in [6, 6.07) is 10.2. The Morgan fingerprint density at radius 1 is 1.11 bits per heavy atom. The maximum absolute atomic E-state index is 12.4. The fraction of sp³-hybridized carbons (Fsp3) is 0.636. The molecule has 2 saturated heterocycles. The van der Waals surface area contributed by atoms with E-state index < -0.39 is 0 Å². The number of carbonyl (C=O) groups is 2. The lowest BCUT2D eigenvalue weighted by atomic mass is 10.1. The molecule has 0 spiro atoms. The minimum atomic E-state index is -0.216. The lowest BCUT2D eigenvalue weighted by molar-refractivity contribution is -0.129. The monoisotopic (exact) mass is 387 g/mol. The average molecular weight is 388 g/mol. The molecule has 1 aromatic carbocycles. The van der Waals surface area contributed by atoms with Crippen molar-refractivity contribution in [3.63, 3.8) is 0 Å². The molecule has 3 atom stereocenters. The third-order valence-corrected chi connectivity index (χ3v) is 5.54. The van der Waals surface area contributed by atoms with E-state index in [0.29, 0.717) is 26.1 Å². The number of ether oxygens (including phenoxy) is 1. The number of amides is 2. The summed E-state index contributed by atoms with van der Waals surface area (Å²) in [5.74, 6) is -0.113. The first-order valence-electron chi connectivity index (χ1n) is 10.5. The van der Waals surface area contributed by atoms with Gasteiger partial charge in [0.15, 0.2) is 0 Å². The van der Waals surface area contributed by atoms with E-state index in [1.54, 1.807) is 0 Å². The number of rotatable bonds is 8. The summed E-state index contributed by atoms with van der Waals surface area (Å²) < 4.78 is 5.75. The van der Waals surface area contributed by atoms with Crippen molar-refractivity contribution in [3.8, 4) is 0 Å². The Morgan fingerprint density at radius 3 is 2.54 bits per heavy atom. The molecule has 1 aromatic rings. The summed E-state index contributed by atoms with van der Waals surface area (Å²) in [6.07, 6.45) is 2.62. The number of hydrogen-bond donors (Lipinski definition) is 1. The second-order valence-electron chi connectivity index (χ2n) is 8.14. The molecule has 0 unspecified atom stereocenters. The molecule has 0 radical (unpaired) electrons. The number of benzene rings is 1. The Hall–Kier alpha value is -1.92. The van der Waals surface area contributed by atoms with Crippen molar-refractivity contribution in [2.75, 3.05) is 39.3 Å². The van der Waals surface area contributed by atoms with Crippen molar-refractivity contribution in [1.29, 1.82) is 0 Å². The Bertz CT molecular complexity index is 642. The van der Waals surface area contributed by atoms with Gasteiger partial charge in [0, 0.05) is 45.7 Å². The molecule has 1 N–H and O–H groups in total. The van der Waals surface area contributed by atoms with Gasteiger partial charge < -0.3 is 15.0 Å². The second-order valence-corrected chi connectivity index (χ2v) is 8.14. The highest BCUT2D eigenvalue weighted by Gasteiger charge is 2.33. The summed E-state index contributed by atoms with van der Waals surface area (Å²) in [4.78, 5) is 28.9. The fourth-order valence-electron chi connectivity index (χ4n) is 4.20. The number of hydrogen-bond acceptors (Lipinski definition) is 4. The SMILES string of the molecule is C[C@@H]1CN(CCCNC(=O)[C@@H]2CC(=O)N(CCc3ccccc3)C2)C[C@@H](C)O1.